The molecule has 4 heteroatoms. The van der Waals surface area contributed by atoms with Crippen LogP contribution >= 0.6 is 0 Å². The normalized spacial score (nSPS) is 12.9. The molecule has 0 saturated heterocycles. The van der Waals surface area contributed by atoms with Gasteiger partial charge in [-0.05, 0) is 25.1 Å². The Morgan fingerprint density at radius 3 is 2.47 bits per heavy atom. The second kappa shape index (κ2) is 4.23. The Hall–Kier alpha value is -1.68. The highest BCUT2D eigenvalue weighted by Gasteiger charge is 2.09. The summed E-state index contributed by atoms with van der Waals surface area (Å²) >= 11 is 0. The van der Waals surface area contributed by atoms with E-state index in [1.54, 1.807) is 10.9 Å². The van der Waals surface area contributed by atoms with E-state index in [1.807, 2.05) is 31.2 Å². The molecule has 1 heterocycles. The van der Waals surface area contributed by atoms with Crippen LogP contribution in [0.3, 0.4) is 0 Å². The molecule has 0 amide bonds. The van der Waals surface area contributed by atoms with E-state index in [9.17, 15) is 0 Å². The first kappa shape index (κ1) is 9.86. The molecule has 2 aromatic rings. The third-order valence-corrected chi connectivity index (χ3v) is 2.07. The first-order valence-electron chi connectivity index (χ1n) is 4.91. The molecule has 4 nitrogen and oxygen atoms in total. The van der Waals surface area contributed by atoms with Crippen molar-refractivity contribution in [2.24, 2.45) is 0 Å². The Balaban J connectivity index is 2.38. The summed E-state index contributed by atoms with van der Waals surface area (Å²) in [4.78, 5) is 1.54. The number of rotatable bonds is 4. The maximum atomic E-state index is 5.43. The number of aromatic nitrogens is 3. The monoisotopic (exact) mass is 203 g/mol. The predicted octanol–water partition coefficient (Wildman–Crippen LogP) is 2.15. The molecular weight excluding hydrogens is 190 g/mol. The summed E-state index contributed by atoms with van der Waals surface area (Å²) < 4.78 is 5.43. The van der Waals surface area contributed by atoms with Gasteiger partial charge in [0.2, 0.25) is 0 Å². The zero-order valence-electron chi connectivity index (χ0n) is 8.63. The molecule has 1 aromatic heterocycles. The highest BCUT2D eigenvalue weighted by Crippen LogP contribution is 2.12. The van der Waals surface area contributed by atoms with Crippen LogP contribution in [0.1, 0.15) is 13.2 Å². The summed E-state index contributed by atoms with van der Waals surface area (Å²) in [7, 11) is 0. The minimum atomic E-state index is -0.289. The Morgan fingerprint density at radius 2 is 2.00 bits per heavy atom. The van der Waals surface area contributed by atoms with Gasteiger partial charge in [-0.2, -0.15) is 10.2 Å². The van der Waals surface area contributed by atoms with Crippen molar-refractivity contribution < 1.29 is 4.74 Å². The lowest BCUT2D eigenvalue weighted by Gasteiger charge is -2.10. The molecule has 1 atom stereocenters. The van der Waals surface area contributed by atoms with Gasteiger partial charge in [-0.25, -0.2) is 0 Å². The molecule has 0 N–H and O–H groups in total. The summed E-state index contributed by atoms with van der Waals surface area (Å²) in [6.45, 7) is 6.24. The molecule has 0 radical (unpaired) electrons. The van der Waals surface area contributed by atoms with Crippen LogP contribution in [-0.2, 0) is 4.74 Å². The molecule has 1 unspecified atom stereocenters. The van der Waals surface area contributed by atoms with Gasteiger partial charge in [0.25, 0.3) is 0 Å². The van der Waals surface area contributed by atoms with Crippen molar-refractivity contribution in [2.75, 3.05) is 6.61 Å². The van der Waals surface area contributed by atoms with Crippen LogP contribution in [0.2, 0.25) is 0 Å². The van der Waals surface area contributed by atoms with Crippen molar-refractivity contribution in [1.29, 1.82) is 0 Å². The van der Waals surface area contributed by atoms with Gasteiger partial charge in [0.1, 0.15) is 11.0 Å². The van der Waals surface area contributed by atoms with Crippen LogP contribution in [0.25, 0.3) is 11.0 Å². The van der Waals surface area contributed by atoms with Gasteiger partial charge in [-0.15, -0.1) is 4.80 Å². The molecule has 1 aromatic carbocycles. The van der Waals surface area contributed by atoms with Gasteiger partial charge in [0.05, 0.1) is 0 Å². The zero-order valence-corrected chi connectivity index (χ0v) is 8.63. The van der Waals surface area contributed by atoms with Crippen LogP contribution in [0.4, 0.5) is 0 Å². The fourth-order valence-electron chi connectivity index (χ4n) is 1.39. The van der Waals surface area contributed by atoms with Crippen LogP contribution in [0.15, 0.2) is 36.9 Å². The van der Waals surface area contributed by atoms with Gasteiger partial charge in [-0.3, -0.25) is 0 Å². The molecule has 0 fully saturated rings. The molecule has 0 spiro atoms. The zero-order chi connectivity index (χ0) is 10.7. The third-order valence-electron chi connectivity index (χ3n) is 2.07. The van der Waals surface area contributed by atoms with E-state index in [-0.39, 0.29) is 6.23 Å². The lowest BCUT2D eigenvalue weighted by molar-refractivity contribution is 0.0288. The molecule has 0 aliphatic rings. The quantitative estimate of drug-likeness (QED) is 0.715. The average molecular weight is 203 g/mol. The lowest BCUT2D eigenvalue weighted by Crippen LogP contribution is -2.13. The van der Waals surface area contributed by atoms with Gasteiger partial charge >= 0.3 is 0 Å². The van der Waals surface area contributed by atoms with Gasteiger partial charge < -0.3 is 4.74 Å². The largest absolute Gasteiger partial charge is 0.351 e. The van der Waals surface area contributed by atoms with E-state index in [0.717, 1.165) is 11.0 Å². The maximum Gasteiger partial charge on any atom is 0.187 e. The van der Waals surface area contributed by atoms with E-state index >= 15 is 0 Å². The summed E-state index contributed by atoms with van der Waals surface area (Å²) in [5.74, 6) is 0. The number of ether oxygens (including phenoxy) is 1. The SMILES string of the molecule is C=CC(OCC)n1nc2ccccc2n1. The molecule has 0 aliphatic heterocycles. The Morgan fingerprint density at radius 1 is 1.40 bits per heavy atom. The molecule has 0 aliphatic carbocycles. The minimum Gasteiger partial charge on any atom is -0.351 e. The Bertz CT molecular complexity index is 431. The van der Waals surface area contributed by atoms with Crippen molar-refractivity contribution in [3.63, 3.8) is 0 Å². The fourth-order valence-corrected chi connectivity index (χ4v) is 1.39. The van der Waals surface area contributed by atoms with Gasteiger partial charge in [0.15, 0.2) is 6.23 Å². The van der Waals surface area contributed by atoms with E-state index in [0.29, 0.717) is 6.61 Å². The smallest absolute Gasteiger partial charge is 0.187 e. The van der Waals surface area contributed by atoms with Crippen molar-refractivity contribution in [1.82, 2.24) is 15.0 Å². The van der Waals surface area contributed by atoms with Crippen molar-refractivity contribution in [2.45, 2.75) is 13.2 Å². The van der Waals surface area contributed by atoms with Crippen LogP contribution in [0.5, 0.6) is 0 Å². The first-order chi connectivity index (χ1) is 7.35. The number of hydrogen-bond acceptors (Lipinski definition) is 3. The Kier molecular flexibility index (Phi) is 2.78. The Labute approximate surface area is 88.2 Å². The van der Waals surface area contributed by atoms with Crippen LogP contribution in [0, 0.1) is 0 Å². The van der Waals surface area contributed by atoms with Crippen LogP contribution < -0.4 is 0 Å². The molecule has 2 rings (SSSR count). The maximum absolute atomic E-state index is 5.43. The van der Waals surface area contributed by atoms with E-state index in [2.05, 4.69) is 16.8 Å². The van der Waals surface area contributed by atoms with Crippen molar-refractivity contribution >= 4 is 11.0 Å². The molecular formula is C11H13N3O. The molecule has 0 saturated carbocycles. The van der Waals surface area contributed by atoms with Crippen LogP contribution in [-0.4, -0.2) is 21.6 Å². The van der Waals surface area contributed by atoms with Crippen molar-refractivity contribution in [3.8, 4) is 0 Å². The summed E-state index contributed by atoms with van der Waals surface area (Å²) in [6, 6.07) is 7.71. The standard InChI is InChI=1S/C11H13N3O/c1-3-11(15-4-2)14-12-9-7-5-6-8-10(9)13-14/h3,5-8,11H,1,4H2,2H3. The average Bonchev–Trinajstić information content (AvgIpc) is 2.69. The van der Waals surface area contributed by atoms with Gasteiger partial charge in [0, 0.05) is 6.61 Å². The summed E-state index contributed by atoms with van der Waals surface area (Å²) in [6.07, 6.45) is 1.39. The summed E-state index contributed by atoms with van der Waals surface area (Å²) in [5.41, 5.74) is 1.73. The second-order valence-electron chi connectivity index (χ2n) is 3.09. The van der Waals surface area contributed by atoms with Gasteiger partial charge in [-0.1, -0.05) is 18.7 Å². The summed E-state index contributed by atoms with van der Waals surface area (Å²) in [5, 5.41) is 8.62. The topological polar surface area (TPSA) is 39.9 Å². The molecule has 78 valence electrons. The third kappa shape index (κ3) is 1.89. The molecule has 15 heavy (non-hydrogen) atoms. The number of fused-ring (bicyclic) bond motifs is 1. The first-order valence-corrected chi connectivity index (χ1v) is 4.91. The minimum absolute atomic E-state index is 0.289. The number of nitrogens with zero attached hydrogens (tertiary/aromatic N) is 3. The van der Waals surface area contributed by atoms with E-state index in [4.69, 9.17) is 4.74 Å². The highest BCUT2D eigenvalue weighted by atomic mass is 16.5. The molecule has 0 bridgehead atoms. The second-order valence-corrected chi connectivity index (χ2v) is 3.09. The van der Waals surface area contributed by atoms with Crippen molar-refractivity contribution in [3.05, 3.63) is 36.9 Å². The lowest BCUT2D eigenvalue weighted by atomic mass is 10.3. The highest BCUT2D eigenvalue weighted by molar-refractivity contribution is 5.72. The van der Waals surface area contributed by atoms with E-state index in [1.165, 1.54) is 0 Å². The number of benzene rings is 1. The predicted molar refractivity (Wildman–Crippen MR) is 58.4 cm³/mol. The number of hydrogen-bond donors (Lipinski definition) is 0. The fraction of sp³-hybridized carbons (Fsp3) is 0.273. The van der Waals surface area contributed by atoms with E-state index < -0.39 is 0 Å².